The van der Waals surface area contributed by atoms with Gasteiger partial charge in [-0.1, -0.05) is 31.6 Å². The van der Waals surface area contributed by atoms with Gasteiger partial charge in [0.1, 0.15) is 5.60 Å². The molecule has 28 heavy (non-hydrogen) atoms. The van der Waals surface area contributed by atoms with Gasteiger partial charge in [0.05, 0.1) is 0 Å². The van der Waals surface area contributed by atoms with E-state index in [0.29, 0.717) is 47.2 Å². The van der Waals surface area contributed by atoms with Crippen LogP contribution in [0, 0.1) is 45.8 Å². The Morgan fingerprint density at radius 2 is 1.89 bits per heavy atom. The first-order valence-corrected chi connectivity index (χ1v) is 11.5. The van der Waals surface area contributed by atoms with Crippen LogP contribution in [0.2, 0.25) is 0 Å². The summed E-state index contributed by atoms with van der Waals surface area (Å²) in [5.74, 6) is 3.13. The molecule has 2 spiro atoms. The number of fused-ring (bicyclic) bond motifs is 9. The number of hydrogen-bond donors (Lipinski definition) is 0. The van der Waals surface area contributed by atoms with Gasteiger partial charge in [0.2, 0.25) is 0 Å². The smallest absolute Gasteiger partial charge is 0.306 e. The lowest BCUT2D eigenvalue weighted by Gasteiger charge is -2.58. The fourth-order valence-corrected chi connectivity index (χ4v) is 9.13. The zero-order valence-corrected chi connectivity index (χ0v) is 17.0. The molecule has 0 aromatic carbocycles. The van der Waals surface area contributed by atoms with Crippen molar-refractivity contribution < 1.29 is 14.3 Å². The first-order valence-electron chi connectivity index (χ1n) is 11.5. The van der Waals surface area contributed by atoms with Gasteiger partial charge in [0.25, 0.3) is 0 Å². The lowest BCUT2D eigenvalue weighted by Crippen LogP contribution is -2.55. The summed E-state index contributed by atoms with van der Waals surface area (Å²) in [6, 6.07) is 0. The number of ether oxygens (including phenoxy) is 1. The van der Waals surface area contributed by atoms with Gasteiger partial charge in [-0.3, -0.25) is 9.59 Å². The summed E-state index contributed by atoms with van der Waals surface area (Å²) >= 11 is 0. The molecule has 3 unspecified atom stereocenters. The second-order valence-electron chi connectivity index (χ2n) is 11.6. The first-order chi connectivity index (χ1) is 13.3. The summed E-state index contributed by atoms with van der Waals surface area (Å²) in [6.45, 7) is 4.88. The normalized spacial score (nSPS) is 56.6. The van der Waals surface area contributed by atoms with Crippen LogP contribution >= 0.6 is 0 Å². The molecule has 0 N–H and O–H groups in total. The summed E-state index contributed by atoms with van der Waals surface area (Å²) in [5, 5.41) is 0. The van der Waals surface area contributed by atoms with Crippen LogP contribution < -0.4 is 0 Å². The van der Waals surface area contributed by atoms with Crippen molar-refractivity contribution in [2.45, 2.75) is 70.8 Å². The minimum atomic E-state index is -0.255. The first kappa shape index (κ1) is 16.4. The van der Waals surface area contributed by atoms with Gasteiger partial charge in [-0.15, -0.1) is 0 Å². The molecule has 5 fully saturated rings. The average molecular weight is 379 g/mol. The third-order valence-electron chi connectivity index (χ3n) is 10.8. The molecule has 3 nitrogen and oxygen atoms in total. The van der Waals surface area contributed by atoms with Crippen LogP contribution in [0.15, 0.2) is 23.8 Å². The number of rotatable bonds is 0. The van der Waals surface area contributed by atoms with Crippen molar-refractivity contribution in [3.63, 3.8) is 0 Å². The van der Waals surface area contributed by atoms with Crippen molar-refractivity contribution >= 4 is 11.8 Å². The number of carbonyl (C=O) groups is 2. The lowest BCUT2D eigenvalue weighted by molar-refractivity contribution is -0.157. The Morgan fingerprint density at radius 3 is 2.61 bits per heavy atom. The Balaban J connectivity index is 1.37. The number of esters is 1. The van der Waals surface area contributed by atoms with Crippen LogP contribution in [0.25, 0.3) is 0 Å². The van der Waals surface area contributed by atoms with E-state index in [4.69, 9.17) is 4.74 Å². The topological polar surface area (TPSA) is 43.4 Å². The summed E-state index contributed by atoms with van der Waals surface area (Å²) in [4.78, 5) is 24.6. The number of hydrogen-bond acceptors (Lipinski definition) is 3. The van der Waals surface area contributed by atoms with E-state index in [-0.39, 0.29) is 22.4 Å². The summed E-state index contributed by atoms with van der Waals surface area (Å²) in [6.07, 6.45) is 15.7. The van der Waals surface area contributed by atoms with E-state index in [1.54, 1.807) is 0 Å². The van der Waals surface area contributed by atoms with Gasteiger partial charge in [-0.05, 0) is 85.5 Å². The summed E-state index contributed by atoms with van der Waals surface area (Å²) in [7, 11) is 0. The van der Waals surface area contributed by atoms with E-state index in [2.05, 4.69) is 32.1 Å². The molecule has 4 saturated carbocycles. The molecule has 0 radical (unpaired) electrons. The Kier molecular flexibility index (Phi) is 2.65. The van der Waals surface area contributed by atoms with Crippen LogP contribution in [0.1, 0.15) is 65.2 Å². The Morgan fingerprint density at radius 1 is 1.07 bits per heavy atom. The Labute approximate surface area is 167 Å². The van der Waals surface area contributed by atoms with Crippen molar-refractivity contribution in [1.29, 1.82) is 0 Å². The summed E-state index contributed by atoms with van der Waals surface area (Å²) < 4.78 is 6.06. The molecule has 1 heterocycles. The maximum absolute atomic E-state index is 12.6. The molecule has 7 rings (SSSR count). The van der Waals surface area contributed by atoms with E-state index in [9.17, 15) is 9.59 Å². The van der Waals surface area contributed by atoms with Gasteiger partial charge < -0.3 is 4.74 Å². The van der Waals surface area contributed by atoms with Crippen LogP contribution in [-0.2, 0) is 14.3 Å². The van der Waals surface area contributed by atoms with Gasteiger partial charge in [-0.2, -0.15) is 0 Å². The fourth-order valence-electron chi connectivity index (χ4n) is 9.13. The number of ketones is 1. The van der Waals surface area contributed by atoms with E-state index < -0.39 is 0 Å². The number of carbonyl (C=O) groups excluding carboxylic acids is 2. The molecule has 6 aliphatic carbocycles. The maximum atomic E-state index is 12.6. The lowest BCUT2D eigenvalue weighted by atomic mass is 9.45. The monoisotopic (exact) mass is 378 g/mol. The minimum Gasteiger partial charge on any atom is -0.458 e. The summed E-state index contributed by atoms with van der Waals surface area (Å²) in [5.41, 5.74) is 1.75. The molecule has 148 valence electrons. The third kappa shape index (κ3) is 1.60. The standard InChI is InChI=1S/C25H30O3/c1-22-6-3-17-15(16(22)4-7-25(22)8-5-21(27)28-25)13-24(9-10-24)20-12-19(26)14-11-18(14)23(17,20)2/h3,6,12,14-18H,4-5,7-11,13H2,1-2H3/t14-,15?,16?,17?,18+,22+,23+,25-/m1/s1. The number of allylic oxidation sites excluding steroid dienone is 3. The second kappa shape index (κ2) is 4.52. The molecule has 3 heteroatoms. The van der Waals surface area contributed by atoms with E-state index in [1.165, 1.54) is 31.3 Å². The van der Waals surface area contributed by atoms with Crippen LogP contribution in [0.5, 0.6) is 0 Å². The molecule has 1 saturated heterocycles. The molecule has 0 aromatic heterocycles. The highest BCUT2D eigenvalue weighted by molar-refractivity contribution is 5.96. The average Bonchev–Trinajstić information content (AvgIpc) is 3.55. The van der Waals surface area contributed by atoms with Gasteiger partial charge in [-0.25, -0.2) is 0 Å². The van der Waals surface area contributed by atoms with Crippen molar-refractivity contribution in [3.8, 4) is 0 Å². The highest BCUT2D eigenvalue weighted by atomic mass is 16.6. The van der Waals surface area contributed by atoms with Crippen molar-refractivity contribution in [2.24, 2.45) is 45.8 Å². The molecular weight excluding hydrogens is 348 g/mol. The van der Waals surface area contributed by atoms with Crippen molar-refractivity contribution in [1.82, 2.24) is 0 Å². The predicted molar refractivity (Wildman–Crippen MR) is 104 cm³/mol. The molecule has 1 aliphatic heterocycles. The van der Waals surface area contributed by atoms with Gasteiger partial charge >= 0.3 is 5.97 Å². The Hall–Kier alpha value is -1.38. The highest BCUT2D eigenvalue weighted by Crippen LogP contribution is 2.78. The second-order valence-corrected chi connectivity index (χ2v) is 11.6. The third-order valence-corrected chi connectivity index (χ3v) is 10.8. The predicted octanol–water partition coefficient (Wildman–Crippen LogP) is 4.62. The molecular formula is C25H30O3. The largest absolute Gasteiger partial charge is 0.458 e. The molecule has 8 atom stereocenters. The van der Waals surface area contributed by atoms with Crippen LogP contribution in [0.3, 0.4) is 0 Å². The molecule has 0 bridgehead atoms. The van der Waals surface area contributed by atoms with Gasteiger partial charge in [0.15, 0.2) is 5.78 Å². The van der Waals surface area contributed by atoms with Crippen LogP contribution in [-0.4, -0.2) is 17.4 Å². The molecule has 0 amide bonds. The minimum absolute atomic E-state index is 0.00324. The zero-order valence-electron chi connectivity index (χ0n) is 17.0. The van der Waals surface area contributed by atoms with Crippen molar-refractivity contribution in [2.75, 3.05) is 0 Å². The van der Waals surface area contributed by atoms with Crippen LogP contribution in [0.4, 0.5) is 0 Å². The zero-order chi connectivity index (χ0) is 19.1. The van der Waals surface area contributed by atoms with E-state index in [0.717, 1.165) is 19.3 Å². The van der Waals surface area contributed by atoms with E-state index in [1.807, 2.05) is 0 Å². The Bertz CT molecular complexity index is 893. The SMILES string of the molecule is C[C@@]12C(=CC(=O)[C@@H]3C[C@@H]31)C1(CC1)CC1C2C=C[C@@]2(C)C1CC[C@@]21CCC(=O)O1. The van der Waals surface area contributed by atoms with Crippen molar-refractivity contribution in [3.05, 3.63) is 23.8 Å². The highest BCUT2D eigenvalue weighted by Gasteiger charge is 2.73. The van der Waals surface area contributed by atoms with E-state index >= 15 is 0 Å². The molecule has 0 aromatic rings. The maximum Gasteiger partial charge on any atom is 0.306 e. The molecule has 7 aliphatic rings. The fraction of sp³-hybridized carbons (Fsp3) is 0.760. The quantitative estimate of drug-likeness (QED) is 0.456. The van der Waals surface area contributed by atoms with Gasteiger partial charge in [0, 0.05) is 17.8 Å².